The first-order chi connectivity index (χ1) is 8.64. The zero-order chi connectivity index (χ0) is 12.8. The fourth-order valence-electron chi connectivity index (χ4n) is 4.50. The molecule has 0 aromatic carbocycles. The van der Waals surface area contributed by atoms with Gasteiger partial charge in [0.2, 0.25) is 0 Å². The predicted molar refractivity (Wildman–Crippen MR) is 75.5 cm³/mol. The van der Waals surface area contributed by atoms with Crippen molar-refractivity contribution < 1.29 is 0 Å². The molecule has 3 nitrogen and oxygen atoms in total. The number of fused-ring (bicyclic) bond motifs is 1. The van der Waals surface area contributed by atoms with Gasteiger partial charge in [0.25, 0.3) is 0 Å². The molecule has 3 unspecified atom stereocenters. The van der Waals surface area contributed by atoms with Crippen molar-refractivity contribution in [3.8, 4) is 0 Å². The lowest BCUT2D eigenvalue weighted by Gasteiger charge is -2.39. The molecule has 0 bridgehead atoms. The molecule has 2 N–H and O–H groups in total. The maximum Gasteiger partial charge on any atom is 0.0470 e. The van der Waals surface area contributed by atoms with Crippen LogP contribution in [-0.2, 0) is 0 Å². The maximum absolute atomic E-state index is 6.19. The molecule has 1 saturated carbocycles. The van der Waals surface area contributed by atoms with Crippen molar-refractivity contribution in [2.45, 2.75) is 51.1 Å². The molecule has 2 heterocycles. The van der Waals surface area contributed by atoms with E-state index in [9.17, 15) is 0 Å². The highest BCUT2D eigenvalue weighted by Gasteiger charge is 2.48. The van der Waals surface area contributed by atoms with Gasteiger partial charge < -0.3 is 5.73 Å². The first kappa shape index (κ1) is 12.9. The molecule has 104 valence electrons. The largest absolute Gasteiger partial charge is 0.329 e. The van der Waals surface area contributed by atoms with Gasteiger partial charge in [-0.2, -0.15) is 0 Å². The Morgan fingerprint density at radius 3 is 2.39 bits per heavy atom. The van der Waals surface area contributed by atoms with E-state index in [-0.39, 0.29) is 0 Å². The van der Waals surface area contributed by atoms with Gasteiger partial charge in [-0.15, -0.1) is 0 Å². The molecule has 2 aliphatic heterocycles. The van der Waals surface area contributed by atoms with Gasteiger partial charge in [0.15, 0.2) is 0 Å². The molecule has 3 fully saturated rings. The van der Waals surface area contributed by atoms with E-state index in [1.165, 1.54) is 51.9 Å². The molecule has 1 aliphatic carbocycles. The Bertz CT molecular complexity index is 292. The van der Waals surface area contributed by atoms with Crippen LogP contribution in [0.15, 0.2) is 0 Å². The molecule has 3 heteroatoms. The minimum atomic E-state index is 0.300. The minimum absolute atomic E-state index is 0.300. The first-order valence-corrected chi connectivity index (χ1v) is 7.84. The van der Waals surface area contributed by atoms with Gasteiger partial charge in [-0.25, -0.2) is 0 Å². The summed E-state index contributed by atoms with van der Waals surface area (Å²) in [5, 5.41) is 0. The van der Waals surface area contributed by atoms with Crippen LogP contribution in [-0.4, -0.2) is 54.1 Å². The molecule has 3 atom stereocenters. The lowest BCUT2D eigenvalue weighted by molar-refractivity contribution is 0.112. The van der Waals surface area contributed by atoms with Gasteiger partial charge in [0.05, 0.1) is 0 Å². The zero-order valence-corrected chi connectivity index (χ0v) is 12.1. The zero-order valence-electron chi connectivity index (χ0n) is 12.1. The van der Waals surface area contributed by atoms with Gasteiger partial charge in [-0.1, -0.05) is 6.42 Å². The quantitative estimate of drug-likeness (QED) is 0.825. The van der Waals surface area contributed by atoms with Crippen LogP contribution in [0.1, 0.15) is 39.5 Å². The Kier molecular flexibility index (Phi) is 3.41. The fraction of sp³-hybridized carbons (Fsp3) is 1.00. The molecule has 0 radical (unpaired) electrons. The van der Waals surface area contributed by atoms with Crippen LogP contribution in [0.25, 0.3) is 0 Å². The van der Waals surface area contributed by atoms with E-state index in [1.54, 1.807) is 0 Å². The van der Waals surface area contributed by atoms with Crippen molar-refractivity contribution >= 4 is 0 Å². The molecule has 0 spiro atoms. The Morgan fingerprint density at radius 2 is 1.89 bits per heavy atom. The average molecular weight is 251 g/mol. The van der Waals surface area contributed by atoms with Crippen LogP contribution in [0, 0.1) is 11.8 Å². The van der Waals surface area contributed by atoms with Gasteiger partial charge in [0, 0.05) is 44.3 Å². The number of rotatable bonds is 3. The first-order valence-electron chi connectivity index (χ1n) is 7.84. The highest BCUT2D eigenvalue weighted by atomic mass is 15.3. The van der Waals surface area contributed by atoms with Crippen molar-refractivity contribution in [2.24, 2.45) is 17.6 Å². The molecule has 3 rings (SSSR count). The van der Waals surface area contributed by atoms with Crippen molar-refractivity contribution in [1.29, 1.82) is 0 Å². The second-order valence-electron chi connectivity index (χ2n) is 7.10. The third kappa shape index (κ3) is 2.00. The van der Waals surface area contributed by atoms with E-state index >= 15 is 0 Å². The Labute approximate surface area is 112 Å². The van der Waals surface area contributed by atoms with Crippen LogP contribution in [0.2, 0.25) is 0 Å². The molecule has 0 aromatic heterocycles. The highest BCUT2D eigenvalue weighted by molar-refractivity contribution is 5.05. The number of nitrogens with zero attached hydrogens (tertiary/aromatic N) is 2. The second-order valence-corrected chi connectivity index (χ2v) is 7.10. The van der Waals surface area contributed by atoms with E-state index in [0.29, 0.717) is 11.6 Å². The smallest absolute Gasteiger partial charge is 0.0470 e. The van der Waals surface area contributed by atoms with E-state index in [2.05, 4.69) is 23.6 Å². The van der Waals surface area contributed by atoms with E-state index < -0.39 is 0 Å². The molecular formula is C15H29N3. The SMILES string of the molecule is CC(C)N1CCC(CN)(N2CC3CCCC3C2)C1. The fourth-order valence-corrected chi connectivity index (χ4v) is 4.50. The molecule has 18 heavy (non-hydrogen) atoms. The summed E-state index contributed by atoms with van der Waals surface area (Å²) in [5.41, 5.74) is 6.49. The molecule has 2 saturated heterocycles. The number of likely N-dealkylation sites (tertiary alicyclic amines) is 2. The highest BCUT2D eigenvalue weighted by Crippen LogP contribution is 2.42. The van der Waals surface area contributed by atoms with Crippen LogP contribution in [0.5, 0.6) is 0 Å². The Hall–Kier alpha value is -0.120. The molecular weight excluding hydrogens is 222 g/mol. The Balaban J connectivity index is 1.70. The molecule has 0 amide bonds. The monoisotopic (exact) mass is 251 g/mol. The van der Waals surface area contributed by atoms with Crippen LogP contribution >= 0.6 is 0 Å². The summed E-state index contributed by atoms with van der Waals surface area (Å²) in [5.74, 6) is 1.98. The lowest BCUT2D eigenvalue weighted by atomic mass is 9.96. The molecule has 0 aromatic rings. The maximum atomic E-state index is 6.19. The van der Waals surface area contributed by atoms with Crippen LogP contribution < -0.4 is 5.73 Å². The summed E-state index contributed by atoms with van der Waals surface area (Å²) in [6.45, 7) is 10.6. The van der Waals surface area contributed by atoms with E-state index in [0.717, 1.165) is 18.4 Å². The standard InChI is InChI=1S/C15H29N3/c1-12(2)17-7-6-15(10-16,11-17)18-8-13-4-3-5-14(13)9-18/h12-14H,3-11,16H2,1-2H3. The summed E-state index contributed by atoms with van der Waals surface area (Å²) in [7, 11) is 0. The Morgan fingerprint density at radius 1 is 1.22 bits per heavy atom. The van der Waals surface area contributed by atoms with Crippen LogP contribution in [0.4, 0.5) is 0 Å². The molecule has 3 aliphatic rings. The van der Waals surface area contributed by atoms with Gasteiger partial charge >= 0.3 is 0 Å². The summed E-state index contributed by atoms with van der Waals surface area (Å²) in [6, 6.07) is 0.667. The predicted octanol–water partition coefficient (Wildman–Crippen LogP) is 1.53. The second kappa shape index (κ2) is 4.77. The van der Waals surface area contributed by atoms with Crippen molar-refractivity contribution in [1.82, 2.24) is 9.80 Å². The average Bonchev–Trinajstić information content (AvgIpc) is 3.02. The third-order valence-corrected chi connectivity index (χ3v) is 5.87. The van der Waals surface area contributed by atoms with Gasteiger partial charge in [0.1, 0.15) is 0 Å². The van der Waals surface area contributed by atoms with Crippen molar-refractivity contribution in [3.05, 3.63) is 0 Å². The number of hydrogen-bond donors (Lipinski definition) is 1. The topological polar surface area (TPSA) is 32.5 Å². The third-order valence-electron chi connectivity index (χ3n) is 5.87. The van der Waals surface area contributed by atoms with Crippen molar-refractivity contribution in [3.63, 3.8) is 0 Å². The van der Waals surface area contributed by atoms with Gasteiger partial charge in [-0.3, -0.25) is 9.80 Å². The summed E-state index contributed by atoms with van der Waals surface area (Å²) >= 11 is 0. The lowest BCUT2D eigenvalue weighted by Crippen LogP contribution is -2.55. The summed E-state index contributed by atoms with van der Waals surface area (Å²) in [6.07, 6.45) is 5.68. The summed E-state index contributed by atoms with van der Waals surface area (Å²) in [4.78, 5) is 5.38. The van der Waals surface area contributed by atoms with E-state index in [1.807, 2.05) is 0 Å². The number of nitrogens with two attached hydrogens (primary N) is 1. The normalized spacial score (nSPS) is 42.0. The van der Waals surface area contributed by atoms with E-state index in [4.69, 9.17) is 5.73 Å². The summed E-state index contributed by atoms with van der Waals surface area (Å²) < 4.78 is 0. The number of hydrogen-bond acceptors (Lipinski definition) is 3. The van der Waals surface area contributed by atoms with Gasteiger partial charge in [-0.05, 0) is 44.9 Å². The van der Waals surface area contributed by atoms with Crippen LogP contribution in [0.3, 0.4) is 0 Å². The van der Waals surface area contributed by atoms with Crippen molar-refractivity contribution in [2.75, 3.05) is 32.7 Å². The minimum Gasteiger partial charge on any atom is -0.329 e.